The highest BCUT2D eigenvalue weighted by Gasteiger charge is 2.24. The molecule has 5 heteroatoms. The maximum atomic E-state index is 13.6. The molecule has 0 saturated carbocycles. The minimum atomic E-state index is -1.09. The third kappa shape index (κ3) is 4.00. The summed E-state index contributed by atoms with van der Waals surface area (Å²) >= 11 is 0. The van der Waals surface area contributed by atoms with Crippen LogP contribution in [0.3, 0.4) is 0 Å². The van der Waals surface area contributed by atoms with Crippen molar-refractivity contribution < 1.29 is 17.7 Å². The molecule has 1 aromatic carbocycles. The van der Waals surface area contributed by atoms with Crippen molar-refractivity contribution in [3.63, 3.8) is 0 Å². The lowest BCUT2D eigenvalue weighted by molar-refractivity contribution is 0.376. The molecule has 0 spiro atoms. The highest BCUT2D eigenvalue weighted by molar-refractivity contribution is 7.86. The number of methoxy groups -OCH3 is 1. The van der Waals surface area contributed by atoms with Crippen LogP contribution in [0.25, 0.3) is 0 Å². The SMILES string of the molecule is COc1c(F)cc(F)cc1[C@H](C)C[S@@](=O)C(C)(C)C. The average Bonchev–Trinajstić information content (AvgIpc) is 2.26. The largest absolute Gasteiger partial charge is 0.493 e. The van der Waals surface area contributed by atoms with Crippen LogP contribution in [0.2, 0.25) is 0 Å². The van der Waals surface area contributed by atoms with Gasteiger partial charge in [-0.2, -0.15) is 0 Å². The summed E-state index contributed by atoms with van der Waals surface area (Å²) in [4.78, 5) is 0. The Bertz CT molecular complexity index is 481. The fraction of sp³-hybridized carbons (Fsp3) is 0.571. The molecule has 1 rings (SSSR count). The first-order chi connectivity index (χ1) is 8.66. The topological polar surface area (TPSA) is 26.3 Å². The molecule has 108 valence electrons. The molecule has 0 aliphatic carbocycles. The molecule has 0 aliphatic heterocycles. The second-order valence-corrected chi connectivity index (χ2v) is 7.78. The van der Waals surface area contributed by atoms with Gasteiger partial charge in [0.05, 0.1) is 7.11 Å². The predicted molar refractivity (Wildman–Crippen MR) is 74.1 cm³/mol. The van der Waals surface area contributed by atoms with E-state index in [0.717, 1.165) is 6.07 Å². The number of hydrogen-bond donors (Lipinski definition) is 0. The van der Waals surface area contributed by atoms with Crippen molar-refractivity contribution in [2.75, 3.05) is 12.9 Å². The van der Waals surface area contributed by atoms with Crippen LogP contribution >= 0.6 is 0 Å². The van der Waals surface area contributed by atoms with E-state index in [0.29, 0.717) is 11.3 Å². The first-order valence-electron chi connectivity index (χ1n) is 6.08. The Labute approximate surface area is 115 Å². The van der Waals surface area contributed by atoms with Gasteiger partial charge in [0, 0.05) is 32.9 Å². The molecule has 0 radical (unpaired) electrons. The van der Waals surface area contributed by atoms with E-state index in [1.165, 1.54) is 13.2 Å². The third-order valence-electron chi connectivity index (χ3n) is 2.86. The Morgan fingerprint density at radius 3 is 2.37 bits per heavy atom. The first-order valence-corrected chi connectivity index (χ1v) is 7.40. The molecule has 0 unspecified atom stereocenters. The minimum absolute atomic E-state index is 0.0276. The summed E-state index contributed by atoms with van der Waals surface area (Å²) in [5.41, 5.74) is 0.414. The normalized spacial score (nSPS) is 15.1. The minimum Gasteiger partial charge on any atom is -0.493 e. The summed E-state index contributed by atoms with van der Waals surface area (Å²) < 4.78 is 43.6. The van der Waals surface area contributed by atoms with Crippen molar-refractivity contribution in [2.45, 2.75) is 38.4 Å². The van der Waals surface area contributed by atoms with Crippen molar-refractivity contribution in [2.24, 2.45) is 0 Å². The molecule has 0 bridgehead atoms. The maximum absolute atomic E-state index is 13.6. The fourth-order valence-electron chi connectivity index (χ4n) is 1.73. The standard InChI is InChI=1S/C14H20F2O2S/c1-9(8-19(17)14(2,3)4)11-6-10(15)7-12(16)13(11)18-5/h6-7,9H,8H2,1-5H3/t9-,19-/m1/s1. The molecule has 0 amide bonds. The highest BCUT2D eigenvalue weighted by Crippen LogP contribution is 2.32. The van der Waals surface area contributed by atoms with E-state index in [1.54, 1.807) is 6.92 Å². The number of benzene rings is 1. The van der Waals surface area contributed by atoms with Crippen molar-refractivity contribution in [1.82, 2.24) is 0 Å². The maximum Gasteiger partial charge on any atom is 0.168 e. The molecule has 0 fully saturated rings. The summed E-state index contributed by atoms with van der Waals surface area (Å²) in [5.74, 6) is -1.27. The predicted octanol–water partition coefficient (Wildman–Crippen LogP) is 3.62. The van der Waals surface area contributed by atoms with E-state index in [2.05, 4.69) is 0 Å². The Balaban J connectivity index is 3.06. The number of halogens is 2. The van der Waals surface area contributed by atoms with Crippen molar-refractivity contribution in [3.8, 4) is 5.75 Å². The van der Waals surface area contributed by atoms with Crippen LogP contribution in [0, 0.1) is 11.6 Å². The number of ether oxygens (including phenoxy) is 1. The summed E-state index contributed by atoms with van der Waals surface area (Å²) in [6.45, 7) is 7.41. The van der Waals surface area contributed by atoms with Gasteiger partial charge in [-0.25, -0.2) is 8.78 Å². The van der Waals surface area contributed by atoms with Crippen molar-refractivity contribution in [3.05, 3.63) is 29.3 Å². The van der Waals surface area contributed by atoms with Gasteiger partial charge in [0.2, 0.25) is 0 Å². The van der Waals surface area contributed by atoms with Crippen LogP contribution in [-0.2, 0) is 10.8 Å². The smallest absolute Gasteiger partial charge is 0.168 e. The third-order valence-corrected chi connectivity index (χ3v) is 5.03. The van der Waals surface area contributed by atoms with Crippen LogP contribution in [0.1, 0.15) is 39.2 Å². The molecule has 0 heterocycles. The van der Waals surface area contributed by atoms with Crippen LogP contribution in [0.5, 0.6) is 5.75 Å². The molecule has 0 N–H and O–H groups in total. The van der Waals surface area contributed by atoms with Crippen LogP contribution < -0.4 is 4.74 Å². The zero-order valence-electron chi connectivity index (χ0n) is 11.9. The average molecular weight is 290 g/mol. The molecule has 2 nitrogen and oxygen atoms in total. The van der Waals surface area contributed by atoms with E-state index < -0.39 is 22.4 Å². The lowest BCUT2D eigenvalue weighted by atomic mass is 10.0. The van der Waals surface area contributed by atoms with Crippen LogP contribution in [-0.4, -0.2) is 21.8 Å². The van der Waals surface area contributed by atoms with Gasteiger partial charge in [-0.1, -0.05) is 6.92 Å². The summed E-state index contributed by atoms with van der Waals surface area (Å²) in [6.07, 6.45) is 0. The van der Waals surface area contributed by atoms with E-state index in [1.807, 2.05) is 20.8 Å². The molecule has 1 aromatic rings. The van der Waals surface area contributed by atoms with Gasteiger partial charge in [-0.15, -0.1) is 0 Å². The monoisotopic (exact) mass is 290 g/mol. The van der Waals surface area contributed by atoms with Crippen LogP contribution in [0.15, 0.2) is 12.1 Å². The summed E-state index contributed by atoms with van der Waals surface area (Å²) in [7, 11) is 0.249. The van der Waals surface area contributed by atoms with Gasteiger partial charge in [0.25, 0.3) is 0 Å². The van der Waals surface area contributed by atoms with Crippen LogP contribution in [0.4, 0.5) is 8.78 Å². The van der Waals surface area contributed by atoms with Gasteiger partial charge in [0.1, 0.15) is 5.82 Å². The van der Waals surface area contributed by atoms with Gasteiger partial charge in [-0.05, 0) is 32.8 Å². The molecule has 2 atom stereocenters. The summed E-state index contributed by atoms with van der Waals surface area (Å²) in [6, 6.07) is 2.03. The quantitative estimate of drug-likeness (QED) is 0.846. The molecular formula is C14H20F2O2S. The van der Waals surface area contributed by atoms with Crippen molar-refractivity contribution >= 4 is 10.8 Å². The number of hydrogen-bond acceptors (Lipinski definition) is 2. The highest BCUT2D eigenvalue weighted by atomic mass is 32.2. The Morgan fingerprint density at radius 2 is 1.89 bits per heavy atom. The fourth-order valence-corrected chi connectivity index (χ4v) is 2.86. The van der Waals surface area contributed by atoms with E-state index >= 15 is 0 Å². The van der Waals surface area contributed by atoms with Gasteiger partial charge >= 0.3 is 0 Å². The molecule has 0 aliphatic rings. The molecule has 0 aromatic heterocycles. The Kier molecular flexibility index (Phi) is 5.07. The number of rotatable bonds is 4. The van der Waals surface area contributed by atoms with Gasteiger partial charge in [0.15, 0.2) is 11.6 Å². The van der Waals surface area contributed by atoms with E-state index in [-0.39, 0.29) is 16.4 Å². The Morgan fingerprint density at radius 1 is 1.32 bits per heavy atom. The van der Waals surface area contributed by atoms with Crippen molar-refractivity contribution in [1.29, 1.82) is 0 Å². The lowest BCUT2D eigenvalue weighted by Crippen LogP contribution is -2.26. The second-order valence-electron chi connectivity index (χ2n) is 5.54. The van der Waals surface area contributed by atoms with E-state index in [4.69, 9.17) is 4.74 Å². The van der Waals surface area contributed by atoms with E-state index in [9.17, 15) is 13.0 Å². The molecular weight excluding hydrogens is 270 g/mol. The molecule has 19 heavy (non-hydrogen) atoms. The molecule has 0 saturated heterocycles. The first kappa shape index (κ1) is 16.1. The lowest BCUT2D eigenvalue weighted by Gasteiger charge is -2.22. The summed E-state index contributed by atoms with van der Waals surface area (Å²) in [5, 5.41) is 0. The van der Waals surface area contributed by atoms with Gasteiger partial charge < -0.3 is 4.74 Å². The van der Waals surface area contributed by atoms with Gasteiger partial charge in [-0.3, -0.25) is 4.21 Å². The second kappa shape index (κ2) is 5.99. The Hall–Kier alpha value is -0.970. The zero-order chi connectivity index (χ0) is 14.8. The zero-order valence-corrected chi connectivity index (χ0v) is 12.7.